The fraction of sp³-hybridized carbons (Fsp3) is 0.0769. The summed E-state index contributed by atoms with van der Waals surface area (Å²) < 4.78 is 12.8. The lowest BCUT2D eigenvalue weighted by Crippen LogP contribution is -2.15. The number of benzene rings is 2. The highest BCUT2D eigenvalue weighted by atomic mass is 35.5. The Kier molecular flexibility index (Phi) is 6.04. The second-order valence-corrected chi connectivity index (χ2v) is 9.59. The van der Waals surface area contributed by atoms with Gasteiger partial charge in [0.25, 0.3) is 0 Å². The maximum atomic E-state index is 13.4. The number of fused-ring (bicyclic) bond motifs is 1. The maximum Gasteiger partial charge on any atom is 0.213 e. The zero-order chi connectivity index (χ0) is 23.7. The lowest BCUT2D eigenvalue weighted by Gasteiger charge is -2.12. The van der Waals surface area contributed by atoms with Crippen molar-refractivity contribution in [3.05, 3.63) is 106 Å². The summed E-state index contributed by atoms with van der Waals surface area (Å²) in [5.74, 6) is 0.0763. The summed E-state index contributed by atoms with van der Waals surface area (Å²) in [7, 11) is -1.36. The molecule has 0 spiro atoms. The average Bonchev–Trinajstić information content (AvgIpc) is 2.85. The lowest BCUT2D eigenvalue weighted by molar-refractivity contribution is 0.682. The molecule has 8 heteroatoms. The first kappa shape index (κ1) is 22.1. The quantitative estimate of drug-likeness (QED) is 0.340. The average molecular weight is 487 g/mol. The van der Waals surface area contributed by atoms with Crippen molar-refractivity contribution in [2.24, 2.45) is 0 Å². The highest BCUT2D eigenvalue weighted by Gasteiger charge is 2.18. The molecule has 168 valence electrons. The first-order valence-electron chi connectivity index (χ1n) is 10.6. The number of aryl methyl sites for hydroxylation is 1. The zero-order valence-corrected chi connectivity index (χ0v) is 19.7. The number of halogens is 1. The highest BCUT2D eigenvalue weighted by Crippen LogP contribution is 2.31. The predicted octanol–water partition coefficient (Wildman–Crippen LogP) is 5.32. The summed E-state index contributed by atoms with van der Waals surface area (Å²) in [6.45, 7) is 1.84. The number of H-pyrrole nitrogens is 1. The van der Waals surface area contributed by atoms with Crippen LogP contribution in [0.5, 0.6) is 0 Å². The van der Waals surface area contributed by atoms with E-state index in [4.69, 9.17) is 21.6 Å². The van der Waals surface area contributed by atoms with E-state index < -0.39 is 10.8 Å². The van der Waals surface area contributed by atoms with E-state index in [9.17, 15) is 9.00 Å². The Balaban J connectivity index is 1.69. The van der Waals surface area contributed by atoms with Crippen molar-refractivity contribution in [2.75, 3.05) is 0 Å². The molecule has 2 aromatic carbocycles. The molecule has 3 heterocycles. The van der Waals surface area contributed by atoms with E-state index in [-0.39, 0.29) is 16.7 Å². The molecule has 1 atom stereocenters. The number of aromatic amines is 1. The molecule has 1 unspecified atom stereocenters. The molecule has 0 saturated carbocycles. The van der Waals surface area contributed by atoms with Crippen molar-refractivity contribution in [1.29, 1.82) is 0 Å². The Morgan fingerprint density at radius 2 is 1.56 bits per heavy atom. The summed E-state index contributed by atoms with van der Waals surface area (Å²) >= 11 is 6.23. The Hall–Kier alpha value is -3.68. The van der Waals surface area contributed by atoms with Crippen LogP contribution in [0, 0.1) is 6.92 Å². The van der Waals surface area contributed by atoms with Crippen LogP contribution in [-0.4, -0.2) is 24.1 Å². The molecule has 3 aromatic heterocycles. The Morgan fingerprint density at radius 1 is 0.882 bits per heavy atom. The zero-order valence-electron chi connectivity index (χ0n) is 18.2. The number of nitrogens with zero attached hydrogens (tertiary/aromatic N) is 3. The van der Waals surface area contributed by atoms with Gasteiger partial charge in [0.2, 0.25) is 5.43 Å². The standard InChI is InChI=1S/C26H19ClN4O2S/c1-16-12-18(13-21(27)29-16)23-22(17-8-4-2-5-9-17)31-26-24(30-23)25(32)19(14-28-26)15-34(33)20-10-6-3-7-11-20/h2-14H,15H2,1H3,(H,28,31,32). The molecule has 34 heavy (non-hydrogen) atoms. The van der Waals surface area contributed by atoms with Crippen molar-refractivity contribution >= 4 is 33.6 Å². The summed E-state index contributed by atoms with van der Waals surface area (Å²) in [5, 5.41) is 0.330. The van der Waals surface area contributed by atoms with Crippen LogP contribution < -0.4 is 5.43 Å². The van der Waals surface area contributed by atoms with Crippen molar-refractivity contribution < 1.29 is 4.21 Å². The first-order valence-corrected chi connectivity index (χ1v) is 12.2. The summed E-state index contributed by atoms with van der Waals surface area (Å²) in [6, 6.07) is 22.3. The van der Waals surface area contributed by atoms with Crippen LogP contribution in [0.2, 0.25) is 5.15 Å². The van der Waals surface area contributed by atoms with Gasteiger partial charge in [-0.2, -0.15) is 0 Å². The third kappa shape index (κ3) is 4.40. The molecule has 6 nitrogen and oxygen atoms in total. The number of aromatic nitrogens is 4. The van der Waals surface area contributed by atoms with Gasteiger partial charge in [0.05, 0.1) is 27.9 Å². The number of rotatable bonds is 5. The van der Waals surface area contributed by atoms with Gasteiger partial charge in [-0.15, -0.1) is 0 Å². The lowest BCUT2D eigenvalue weighted by atomic mass is 10.0. The summed E-state index contributed by atoms with van der Waals surface area (Å²) in [5.41, 5.74) is 4.06. The molecule has 0 radical (unpaired) electrons. The minimum Gasteiger partial charge on any atom is -0.344 e. The van der Waals surface area contributed by atoms with E-state index in [1.54, 1.807) is 24.4 Å². The monoisotopic (exact) mass is 486 g/mol. The normalized spacial score (nSPS) is 12.1. The van der Waals surface area contributed by atoms with E-state index in [1.807, 2.05) is 61.5 Å². The van der Waals surface area contributed by atoms with E-state index in [0.717, 1.165) is 11.3 Å². The van der Waals surface area contributed by atoms with E-state index in [2.05, 4.69) is 9.97 Å². The van der Waals surface area contributed by atoms with Crippen LogP contribution in [0.1, 0.15) is 11.3 Å². The van der Waals surface area contributed by atoms with Crippen molar-refractivity contribution in [2.45, 2.75) is 17.6 Å². The molecule has 5 rings (SSSR count). The van der Waals surface area contributed by atoms with E-state index in [0.29, 0.717) is 38.2 Å². The van der Waals surface area contributed by atoms with Crippen LogP contribution >= 0.6 is 11.6 Å². The molecule has 0 aliphatic carbocycles. The van der Waals surface area contributed by atoms with Gasteiger partial charge >= 0.3 is 0 Å². The molecule has 0 fully saturated rings. The van der Waals surface area contributed by atoms with Gasteiger partial charge in [-0.05, 0) is 31.2 Å². The molecule has 0 aliphatic rings. The number of pyridine rings is 2. The predicted molar refractivity (Wildman–Crippen MR) is 135 cm³/mol. The minimum atomic E-state index is -1.36. The van der Waals surface area contributed by atoms with Crippen LogP contribution in [-0.2, 0) is 16.6 Å². The smallest absolute Gasteiger partial charge is 0.213 e. The molecule has 1 N–H and O–H groups in total. The molecular formula is C26H19ClN4O2S. The fourth-order valence-electron chi connectivity index (χ4n) is 3.73. The van der Waals surface area contributed by atoms with Crippen LogP contribution in [0.25, 0.3) is 33.7 Å². The molecular weight excluding hydrogens is 468 g/mol. The fourth-order valence-corrected chi connectivity index (χ4v) is 5.11. The maximum absolute atomic E-state index is 13.4. The van der Waals surface area contributed by atoms with Crippen molar-refractivity contribution in [1.82, 2.24) is 19.9 Å². The summed E-state index contributed by atoms with van der Waals surface area (Å²) in [6.07, 6.45) is 1.57. The van der Waals surface area contributed by atoms with Crippen LogP contribution in [0.15, 0.2) is 88.7 Å². The molecule has 0 bridgehead atoms. The second-order valence-electron chi connectivity index (χ2n) is 7.75. The van der Waals surface area contributed by atoms with Crippen molar-refractivity contribution in [3.63, 3.8) is 0 Å². The van der Waals surface area contributed by atoms with E-state index >= 15 is 0 Å². The third-order valence-corrected chi connectivity index (χ3v) is 6.89. The topological polar surface area (TPSA) is 88.6 Å². The Bertz CT molecular complexity index is 1570. The van der Waals surface area contributed by atoms with Gasteiger partial charge < -0.3 is 4.98 Å². The second kappa shape index (κ2) is 9.29. The Labute approximate surface area is 203 Å². The van der Waals surface area contributed by atoms with Crippen LogP contribution in [0.4, 0.5) is 0 Å². The molecule has 0 aliphatic heterocycles. The molecule has 0 saturated heterocycles. The largest absolute Gasteiger partial charge is 0.344 e. The van der Waals surface area contributed by atoms with Gasteiger partial charge in [-0.1, -0.05) is 60.1 Å². The number of nitrogens with one attached hydrogen (secondary N) is 1. The van der Waals surface area contributed by atoms with Crippen LogP contribution in [0.3, 0.4) is 0 Å². The summed E-state index contributed by atoms with van der Waals surface area (Å²) in [4.78, 5) is 30.9. The van der Waals surface area contributed by atoms with Gasteiger partial charge in [0.15, 0.2) is 11.2 Å². The van der Waals surface area contributed by atoms with Gasteiger partial charge in [0, 0.05) is 33.5 Å². The van der Waals surface area contributed by atoms with Gasteiger partial charge in [-0.3, -0.25) is 9.00 Å². The van der Waals surface area contributed by atoms with E-state index in [1.165, 1.54) is 0 Å². The highest BCUT2D eigenvalue weighted by molar-refractivity contribution is 7.84. The third-order valence-electron chi connectivity index (χ3n) is 5.32. The number of hydrogen-bond acceptors (Lipinski definition) is 5. The number of hydrogen-bond donors (Lipinski definition) is 1. The first-order chi connectivity index (χ1) is 16.5. The van der Waals surface area contributed by atoms with Gasteiger partial charge in [0.1, 0.15) is 5.15 Å². The molecule has 5 aromatic rings. The SMILES string of the molecule is Cc1cc(-c2nc3c(=O)c(CS(=O)c4ccccc4)c[nH]c3nc2-c2ccccc2)cc(Cl)n1. The Morgan fingerprint density at radius 3 is 2.26 bits per heavy atom. The minimum absolute atomic E-state index is 0.0763. The van der Waals surface area contributed by atoms with Crippen molar-refractivity contribution in [3.8, 4) is 22.5 Å². The molecule has 0 amide bonds. The van der Waals surface area contributed by atoms with Gasteiger partial charge in [-0.25, -0.2) is 15.0 Å².